The molecule has 6 nitrogen and oxygen atoms in total. The third-order valence-corrected chi connectivity index (χ3v) is 11.7. The molecule has 1 heterocycles. The highest BCUT2D eigenvalue weighted by Gasteiger charge is 2.51. The van der Waals surface area contributed by atoms with Gasteiger partial charge >= 0.3 is 7.12 Å². The predicted molar refractivity (Wildman–Crippen MR) is 262 cm³/mol. The highest BCUT2D eigenvalue weighted by atomic mass is 79.9. The van der Waals surface area contributed by atoms with Gasteiger partial charge in [0.2, 0.25) is 0 Å². The average molecular weight is 1040 g/mol. The van der Waals surface area contributed by atoms with Crippen LogP contribution >= 0.6 is 66.7 Å². The summed E-state index contributed by atoms with van der Waals surface area (Å²) in [6, 6.07) is 10.3. The van der Waals surface area contributed by atoms with Gasteiger partial charge in [0.15, 0.2) is 11.6 Å². The minimum atomic E-state index is -0.535. The quantitative estimate of drug-likeness (QED) is 0.0519. The van der Waals surface area contributed by atoms with Gasteiger partial charge in [0, 0.05) is 38.2 Å². The molecule has 0 atom stereocenters. The summed E-state index contributed by atoms with van der Waals surface area (Å²) in [7, 11) is -0.241. The van der Waals surface area contributed by atoms with Crippen molar-refractivity contribution in [2.45, 2.75) is 99.2 Å². The van der Waals surface area contributed by atoms with Crippen molar-refractivity contribution in [3.8, 4) is 0 Å². The van der Waals surface area contributed by atoms with Gasteiger partial charge in [-0.3, -0.25) is 0 Å². The van der Waals surface area contributed by atoms with Crippen LogP contribution in [0.5, 0.6) is 0 Å². The van der Waals surface area contributed by atoms with Crippen LogP contribution in [0.2, 0.25) is 15.1 Å². The van der Waals surface area contributed by atoms with Gasteiger partial charge in [-0.1, -0.05) is 87.2 Å². The summed E-state index contributed by atoms with van der Waals surface area (Å²) in [5.41, 5.74) is 28.5. The van der Waals surface area contributed by atoms with Crippen molar-refractivity contribution in [2.75, 3.05) is 22.9 Å². The molecular weight excluding hydrogens is 981 g/mol. The number of allylic oxidation sites excluding steroid dienone is 3. The zero-order valence-electron chi connectivity index (χ0n) is 36.4. The molecule has 4 aromatic rings. The fraction of sp³-hybridized carbons (Fsp3) is 0.333. The molecule has 0 bridgehead atoms. The van der Waals surface area contributed by atoms with E-state index >= 15 is 0 Å². The zero-order chi connectivity index (χ0) is 47.6. The molecule has 1 aliphatic rings. The lowest BCUT2D eigenvalue weighted by atomic mass is 9.81. The molecule has 0 amide bonds. The third-order valence-electron chi connectivity index (χ3n) is 9.36. The fourth-order valence-corrected chi connectivity index (χ4v) is 7.16. The summed E-state index contributed by atoms with van der Waals surface area (Å²) in [6.07, 6.45) is 0. The maximum atomic E-state index is 13.7. The third kappa shape index (κ3) is 15.3. The number of nitrogen functional groups attached to an aromatic ring is 4. The summed E-state index contributed by atoms with van der Waals surface area (Å²) in [4.78, 5) is 0. The average Bonchev–Trinajstić information content (AvgIpc) is 3.36. The smallest absolute Gasteiger partial charge is 0.400 e. The van der Waals surface area contributed by atoms with Crippen molar-refractivity contribution in [3.63, 3.8) is 0 Å². The molecule has 0 saturated carbocycles. The monoisotopic (exact) mass is 1030 g/mol. The van der Waals surface area contributed by atoms with Gasteiger partial charge in [-0.2, -0.15) is 0 Å². The molecule has 0 radical (unpaired) electrons. The molecule has 5 rings (SSSR count). The van der Waals surface area contributed by atoms with E-state index < -0.39 is 17.5 Å². The van der Waals surface area contributed by atoms with Crippen molar-refractivity contribution in [2.24, 2.45) is 0 Å². The molecule has 1 saturated heterocycles. The van der Waals surface area contributed by atoms with Gasteiger partial charge in [0.05, 0.1) is 36.4 Å². The molecule has 0 aliphatic carbocycles. The van der Waals surface area contributed by atoms with E-state index in [9.17, 15) is 17.6 Å². The number of benzene rings is 4. The Morgan fingerprint density at radius 1 is 0.656 bits per heavy atom. The van der Waals surface area contributed by atoms with Gasteiger partial charge in [-0.05, 0) is 145 Å². The van der Waals surface area contributed by atoms with E-state index in [4.69, 9.17) is 67.0 Å². The summed E-state index contributed by atoms with van der Waals surface area (Å²) in [5.74, 6) is -1.25. The van der Waals surface area contributed by atoms with Crippen LogP contribution in [-0.2, 0) is 9.31 Å². The number of nitrogens with two attached hydrogens (primary N) is 4. The lowest BCUT2D eigenvalue weighted by molar-refractivity contribution is 0.00578. The molecule has 1 fully saturated rings. The highest BCUT2D eigenvalue weighted by Crippen LogP contribution is 2.39. The van der Waals surface area contributed by atoms with Crippen molar-refractivity contribution in [1.29, 1.82) is 0 Å². The topological polar surface area (TPSA) is 123 Å². The first kappa shape index (κ1) is 55.9. The van der Waals surface area contributed by atoms with Crippen LogP contribution in [0, 0.1) is 23.3 Å². The predicted octanol–water partition coefficient (Wildman–Crippen LogP) is 15.6. The summed E-state index contributed by atoms with van der Waals surface area (Å²) < 4.78 is 64.6. The van der Waals surface area contributed by atoms with Gasteiger partial charge < -0.3 is 32.2 Å². The second-order valence-corrected chi connectivity index (χ2v) is 18.7. The number of rotatable bonds is 5. The van der Waals surface area contributed by atoms with Crippen molar-refractivity contribution >= 4 is 108 Å². The highest BCUT2D eigenvalue weighted by molar-refractivity contribution is 9.11. The number of hydrogen-bond donors (Lipinski definition) is 4. The lowest BCUT2D eigenvalue weighted by Gasteiger charge is -2.32. The van der Waals surface area contributed by atoms with Gasteiger partial charge in [0.1, 0.15) is 11.6 Å². The lowest BCUT2D eigenvalue weighted by Crippen LogP contribution is -2.41. The molecule has 8 N–H and O–H groups in total. The van der Waals surface area contributed by atoms with Crippen LogP contribution < -0.4 is 22.9 Å². The SMILES string of the molecule is C=C(C)B1OC(C)(C)C(C)(C)O1.C=C(C)c1cc(Cl)c(F)c(C(=C)C)c1N.CC(C)c1ccc(F)c(C(C)C)c1N.Nc1c(Br)cc(Cl)c(F)c1Br.Nc1ccc(Cl)c(F)c1. The van der Waals surface area contributed by atoms with Crippen LogP contribution in [0.3, 0.4) is 0 Å². The molecular formula is C45H56BBr2Cl3F4N4O2. The summed E-state index contributed by atoms with van der Waals surface area (Å²) in [5, 5.41) is 0.183. The van der Waals surface area contributed by atoms with Crippen molar-refractivity contribution < 1.29 is 26.9 Å². The summed E-state index contributed by atoms with van der Waals surface area (Å²) in [6.45, 7) is 32.9. The second kappa shape index (κ2) is 23.5. The van der Waals surface area contributed by atoms with Crippen molar-refractivity contribution in [3.05, 3.63) is 137 Å². The van der Waals surface area contributed by atoms with E-state index in [0.717, 1.165) is 16.6 Å². The van der Waals surface area contributed by atoms with E-state index in [1.54, 1.807) is 26.0 Å². The minimum Gasteiger partial charge on any atom is -0.400 e. The standard InChI is InChI=1S/C12H13ClFN.C12H18FN.C9H17BO2.C6H3Br2ClFN.C6H5ClFN/c1-6(2)8-5-9(13)11(14)10(7(3)4)12(8)15;1-7(2)9-5-6-10(13)11(8(3)4)12(9)14;1-7(2)10-11-8(3,4)9(5,6)12-10;7-2-1-3(9)5(10)4(8)6(2)11;7-5-2-1-4(9)3-6(5)8/h5H,1,3,15H2,2,4H3;5-8H,14H2,1-4H3;1H2,2-6H3;1H,11H2;1-3H,9H2. The van der Waals surface area contributed by atoms with E-state index in [-0.39, 0.29) is 55.2 Å². The Hall–Kier alpha value is -3.17. The first-order chi connectivity index (χ1) is 27.8. The maximum absolute atomic E-state index is 13.7. The van der Waals surface area contributed by atoms with Gasteiger partial charge in [-0.15, -0.1) is 6.58 Å². The molecule has 16 heteroatoms. The molecule has 4 aromatic carbocycles. The number of halogens is 9. The van der Waals surface area contributed by atoms with E-state index in [0.29, 0.717) is 49.8 Å². The Kier molecular flexibility index (Phi) is 21.5. The largest absolute Gasteiger partial charge is 0.489 e. The van der Waals surface area contributed by atoms with Crippen LogP contribution in [0.15, 0.2) is 76.6 Å². The van der Waals surface area contributed by atoms with E-state index in [2.05, 4.69) is 65.4 Å². The molecule has 61 heavy (non-hydrogen) atoms. The normalized spacial score (nSPS) is 13.4. The van der Waals surface area contributed by atoms with Gasteiger partial charge in [0.25, 0.3) is 0 Å². The molecule has 0 aromatic heterocycles. The zero-order valence-corrected chi connectivity index (χ0v) is 41.9. The molecule has 334 valence electrons. The van der Waals surface area contributed by atoms with Gasteiger partial charge in [-0.25, -0.2) is 17.6 Å². The van der Waals surface area contributed by atoms with E-state index in [1.807, 2.05) is 48.5 Å². The molecule has 0 unspecified atom stereocenters. The summed E-state index contributed by atoms with van der Waals surface area (Å²) >= 11 is 22.7. The van der Waals surface area contributed by atoms with Crippen LogP contribution in [-0.4, -0.2) is 18.3 Å². The Labute approximate surface area is 391 Å². The Morgan fingerprint density at radius 2 is 1.16 bits per heavy atom. The van der Waals surface area contributed by atoms with Crippen LogP contribution in [0.25, 0.3) is 11.1 Å². The van der Waals surface area contributed by atoms with E-state index in [1.165, 1.54) is 30.3 Å². The first-order valence-corrected chi connectivity index (χ1v) is 21.5. The number of anilines is 4. The Morgan fingerprint density at radius 3 is 1.56 bits per heavy atom. The Bertz CT molecular complexity index is 2200. The van der Waals surface area contributed by atoms with Crippen molar-refractivity contribution in [1.82, 2.24) is 0 Å². The first-order valence-electron chi connectivity index (χ1n) is 18.8. The van der Waals surface area contributed by atoms with Crippen LogP contribution in [0.4, 0.5) is 40.3 Å². The van der Waals surface area contributed by atoms with Crippen LogP contribution in [0.1, 0.15) is 110 Å². The Balaban J connectivity index is 0.000000385. The molecule has 1 aliphatic heterocycles. The second-order valence-electron chi connectivity index (χ2n) is 15.8. The fourth-order valence-electron chi connectivity index (χ4n) is 5.26. The minimum absolute atomic E-state index is 0.0398. The number of hydrogen-bond acceptors (Lipinski definition) is 6. The molecule has 0 spiro atoms. The maximum Gasteiger partial charge on any atom is 0.489 e.